The summed E-state index contributed by atoms with van der Waals surface area (Å²) in [5, 5.41) is 3.05. The van der Waals surface area contributed by atoms with Gasteiger partial charge < -0.3 is 10.3 Å². The molecule has 2 aromatic heterocycles. The molecule has 0 bridgehead atoms. The van der Waals surface area contributed by atoms with Gasteiger partial charge in [0, 0.05) is 14.1 Å². The number of halogens is 2. The van der Waals surface area contributed by atoms with Crippen molar-refractivity contribution in [2.24, 2.45) is 0 Å². The summed E-state index contributed by atoms with van der Waals surface area (Å²) in [5.41, 5.74) is 0.403. The van der Waals surface area contributed by atoms with Crippen LogP contribution in [0, 0.1) is 18.6 Å². The first-order valence-electron chi connectivity index (χ1n) is 8.92. The molecule has 0 saturated carbocycles. The van der Waals surface area contributed by atoms with Gasteiger partial charge in [0.25, 0.3) is 5.91 Å². The molecule has 1 fully saturated rings. The molecule has 7 heteroatoms. The number of H-pyrrole nitrogens is 1. The van der Waals surface area contributed by atoms with E-state index in [-0.39, 0.29) is 34.4 Å². The average molecular weight is 366 g/mol. The smallest absolute Gasteiger partial charge is 0.267 e. The van der Waals surface area contributed by atoms with Crippen molar-refractivity contribution < 1.29 is 13.6 Å². The monoisotopic (exact) mass is 365 g/mol. The summed E-state index contributed by atoms with van der Waals surface area (Å²) < 4.78 is 27.6. The number of carbonyl (C=O) groups is 1. The van der Waals surface area contributed by atoms with Crippen LogP contribution >= 0.6 is 0 Å². The van der Waals surface area contributed by atoms with Crippen LogP contribution < -0.4 is 5.32 Å². The molecule has 0 unspecified atom stereocenters. The molecule has 1 saturated heterocycles. The van der Waals surface area contributed by atoms with E-state index >= 15 is 0 Å². The molecule has 1 aliphatic heterocycles. The summed E-state index contributed by atoms with van der Waals surface area (Å²) in [6.07, 6.45) is 4.22. The van der Waals surface area contributed by atoms with Gasteiger partial charge in [-0.3, -0.25) is 4.79 Å². The van der Waals surface area contributed by atoms with Gasteiger partial charge >= 0.3 is 0 Å². The van der Waals surface area contributed by atoms with Gasteiger partial charge in [0.15, 0.2) is 11.6 Å². The van der Waals surface area contributed by atoms with Crippen LogP contribution in [0.4, 0.5) is 8.78 Å². The van der Waals surface area contributed by atoms with Gasteiger partial charge in [0.1, 0.15) is 11.3 Å². The second-order valence-electron chi connectivity index (χ2n) is 7.89. The third-order valence-corrected chi connectivity index (χ3v) is 8.63. The third-order valence-electron chi connectivity index (χ3n) is 5.22. The molecule has 25 heavy (non-hydrogen) atoms. The summed E-state index contributed by atoms with van der Waals surface area (Å²) in [6.45, 7) is 6.26. The zero-order valence-electron chi connectivity index (χ0n) is 15.0. The molecule has 4 nitrogen and oxygen atoms in total. The Balaban J connectivity index is 1.73. The fourth-order valence-electron chi connectivity index (χ4n) is 3.65. The predicted molar refractivity (Wildman–Crippen MR) is 97.6 cm³/mol. The number of fused-ring (bicyclic) bond motifs is 1. The molecule has 0 aliphatic carbocycles. The van der Waals surface area contributed by atoms with E-state index in [1.54, 1.807) is 0 Å². The van der Waals surface area contributed by atoms with Gasteiger partial charge in [-0.05, 0) is 25.8 Å². The summed E-state index contributed by atoms with van der Waals surface area (Å²) in [7, 11) is -1.05. The zero-order valence-corrected chi connectivity index (χ0v) is 16.0. The summed E-state index contributed by atoms with van der Waals surface area (Å²) >= 11 is 0. The number of rotatable bonds is 2. The first kappa shape index (κ1) is 18.0. The minimum atomic E-state index is -1.05. The molecule has 2 aromatic rings. The minimum absolute atomic E-state index is 0.0127. The lowest BCUT2D eigenvalue weighted by molar-refractivity contribution is 0.0928. The van der Waals surface area contributed by atoms with Gasteiger partial charge in [0.05, 0.1) is 11.1 Å². The van der Waals surface area contributed by atoms with E-state index in [4.69, 9.17) is 0 Å². The molecule has 3 rings (SSSR count). The molecular weight excluding hydrogens is 340 g/mol. The van der Waals surface area contributed by atoms with Crippen LogP contribution in [0.5, 0.6) is 0 Å². The molecule has 0 radical (unpaired) electrons. The van der Waals surface area contributed by atoms with E-state index in [9.17, 15) is 13.6 Å². The number of nitrogens with one attached hydrogen (secondary N) is 2. The Kier molecular flexibility index (Phi) is 4.95. The van der Waals surface area contributed by atoms with Crippen molar-refractivity contribution in [2.75, 3.05) is 0 Å². The number of hydrogen-bond donors (Lipinski definition) is 2. The van der Waals surface area contributed by atoms with Gasteiger partial charge in [-0.15, -0.1) is 0 Å². The van der Waals surface area contributed by atoms with E-state index in [0.717, 1.165) is 25.7 Å². The lowest BCUT2D eigenvalue weighted by atomic mass is 10.1. The Morgan fingerprint density at radius 3 is 2.52 bits per heavy atom. The van der Waals surface area contributed by atoms with Crippen molar-refractivity contribution in [3.05, 3.63) is 29.1 Å². The summed E-state index contributed by atoms with van der Waals surface area (Å²) in [4.78, 5) is 19.3. The van der Waals surface area contributed by atoms with Crippen LogP contribution in [0.2, 0.25) is 25.2 Å². The molecule has 3 heterocycles. The highest BCUT2D eigenvalue weighted by molar-refractivity contribution is 6.77. The first-order valence-corrected chi connectivity index (χ1v) is 12.3. The van der Waals surface area contributed by atoms with Crippen molar-refractivity contribution in [2.45, 2.75) is 63.8 Å². The average Bonchev–Trinajstić information content (AvgIpc) is 2.94. The molecule has 2 N–H and O–H groups in total. The fraction of sp³-hybridized carbons (Fsp3) is 0.556. The Hall–Kier alpha value is -1.76. The fourth-order valence-corrected chi connectivity index (χ4v) is 6.22. The van der Waals surface area contributed by atoms with E-state index in [0.29, 0.717) is 0 Å². The molecule has 0 aromatic carbocycles. The van der Waals surface area contributed by atoms with Gasteiger partial charge in [-0.25, -0.2) is 13.8 Å². The van der Waals surface area contributed by atoms with E-state index < -0.39 is 19.7 Å². The molecule has 1 aliphatic rings. The Labute approximate surface area is 147 Å². The first-order chi connectivity index (χ1) is 11.8. The number of aromatic amines is 1. The second kappa shape index (κ2) is 6.86. The SMILES string of the molecule is Cc1nc2[nH]c(C(=O)NC3CCC[Si](C)(C)CCC3)cc2c(F)c1F. The maximum Gasteiger partial charge on any atom is 0.267 e. The van der Waals surface area contributed by atoms with Crippen molar-refractivity contribution in [1.29, 1.82) is 0 Å². The van der Waals surface area contributed by atoms with Crippen molar-refractivity contribution in [3.63, 3.8) is 0 Å². The number of aromatic nitrogens is 2. The molecular formula is C18H25F2N3OSi. The second-order valence-corrected chi connectivity index (χ2v) is 13.2. The number of aryl methyl sites for hydroxylation is 1. The maximum absolute atomic E-state index is 14.0. The standard InChI is InChI=1S/C18H25F2N3OSi/c1-11-15(19)16(20)13-10-14(23-17(13)21-11)18(24)22-12-6-4-8-25(2,3)9-5-7-12/h10,12H,4-9H2,1-3H3,(H,21,23)(H,22,24). The highest BCUT2D eigenvalue weighted by atomic mass is 28.3. The van der Waals surface area contributed by atoms with Crippen LogP contribution in [0.25, 0.3) is 11.0 Å². The predicted octanol–water partition coefficient (Wildman–Crippen LogP) is 4.53. The van der Waals surface area contributed by atoms with Gasteiger partial charge in [0.2, 0.25) is 0 Å². The number of nitrogens with zero attached hydrogens (tertiary/aromatic N) is 1. The molecule has 0 atom stereocenters. The van der Waals surface area contributed by atoms with Crippen LogP contribution in [-0.4, -0.2) is 30.0 Å². The van der Waals surface area contributed by atoms with Crippen LogP contribution in [0.15, 0.2) is 6.07 Å². The summed E-state index contributed by atoms with van der Waals surface area (Å²) in [5.74, 6) is -2.21. The quantitative estimate of drug-likeness (QED) is 0.768. The Bertz CT molecular complexity index is 791. The highest BCUT2D eigenvalue weighted by Gasteiger charge is 2.25. The number of carbonyl (C=O) groups excluding carboxylic acids is 1. The largest absolute Gasteiger partial charge is 0.348 e. The van der Waals surface area contributed by atoms with Crippen LogP contribution in [0.3, 0.4) is 0 Å². The number of amides is 1. The van der Waals surface area contributed by atoms with E-state index in [1.165, 1.54) is 25.1 Å². The molecule has 0 spiro atoms. The van der Waals surface area contributed by atoms with Crippen molar-refractivity contribution in [3.8, 4) is 0 Å². The van der Waals surface area contributed by atoms with Crippen molar-refractivity contribution >= 4 is 25.0 Å². The minimum Gasteiger partial charge on any atom is -0.348 e. The summed E-state index contributed by atoms with van der Waals surface area (Å²) in [6, 6.07) is 4.06. The normalized spacial score (nSPS) is 18.8. The van der Waals surface area contributed by atoms with Crippen LogP contribution in [0.1, 0.15) is 41.9 Å². The lowest BCUT2D eigenvalue weighted by Crippen LogP contribution is -2.37. The van der Waals surface area contributed by atoms with Crippen LogP contribution in [-0.2, 0) is 0 Å². The lowest BCUT2D eigenvalue weighted by Gasteiger charge is -2.28. The number of hydrogen-bond acceptors (Lipinski definition) is 2. The van der Waals surface area contributed by atoms with Crippen molar-refractivity contribution in [1.82, 2.24) is 15.3 Å². The Morgan fingerprint density at radius 2 is 1.88 bits per heavy atom. The highest BCUT2D eigenvalue weighted by Crippen LogP contribution is 2.27. The Morgan fingerprint density at radius 1 is 1.24 bits per heavy atom. The number of pyridine rings is 1. The molecule has 136 valence electrons. The maximum atomic E-state index is 14.0. The molecule has 1 amide bonds. The third kappa shape index (κ3) is 3.91. The van der Waals surface area contributed by atoms with Gasteiger partial charge in [-0.1, -0.05) is 38.0 Å². The van der Waals surface area contributed by atoms with E-state index in [1.807, 2.05) is 0 Å². The zero-order chi connectivity index (χ0) is 18.2. The van der Waals surface area contributed by atoms with Gasteiger partial charge in [-0.2, -0.15) is 0 Å². The van der Waals surface area contributed by atoms with E-state index in [2.05, 4.69) is 28.4 Å². The topological polar surface area (TPSA) is 57.8 Å².